The van der Waals surface area contributed by atoms with Crippen LogP contribution in [-0.2, 0) is 10.2 Å². The van der Waals surface area contributed by atoms with Crippen molar-refractivity contribution in [3.63, 3.8) is 0 Å². The minimum Gasteiger partial charge on any atom is -0.338 e. The number of benzene rings is 2. The molecule has 4 unspecified atom stereocenters. The van der Waals surface area contributed by atoms with Crippen molar-refractivity contribution in [2.75, 3.05) is 32.7 Å². The molecule has 7 nitrogen and oxygen atoms in total. The van der Waals surface area contributed by atoms with Gasteiger partial charge in [-0.15, -0.1) is 11.3 Å². The molecule has 2 aliphatic heterocycles. The van der Waals surface area contributed by atoms with Gasteiger partial charge < -0.3 is 20.4 Å². The lowest BCUT2D eigenvalue weighted by molar-refractivity contribution is -0.136. The number of rotatable bonds is 6. The molecule has 2 fully saturated rings. The molecular weight excluding hydrogens is 551 g/mol. The first kappa shape index (κ1) is 29.9. The van der Waals surface area contributed by atoms with Crippen molar-refractivity contribution in [2.45, 2.75) is 51.1 Å². The van der Waals surface area contributed by atoms with Crippen molar-refractivity contribution < 1.29 is 18.8 Å². The van der Waals surface area contributed by atoms with Gasteiger partial charge in [-0.25, -0.2) is 9.18 Å². The van der Waals surface area contributed by atoms with Crippen molar-refractivity contribution in [3.05, 3.63) is 93.4 Å². The molecule has 222 valence electrons. The molecule has 42 heavy (non-hydrogen) atoms. The van der Waals surface area contributed by atoms with Crippen LogP contribution in [0.25, 0.3) is 0 Å². The van der Waals surface area contributed by atoms with E-state index in [9.17, 15) is 18.8 Å². The second-order valence-electron chi connectivity index (χ2n) is 12.0. The van der Waals surface area contributed by atoms with Crippen LogP contribution in [0.1, 0.15) is 66.0 Å². The van der Waals surface area contributed by atoms with Crippen molar-refractivity contribution >= 4 is 29.1 Å². The Morgan fingerprint density at radius 2 is 1.62 bits per heavy atom. The van der Waals surface area contributed by atoms with E-state index < -0.39 is 35.8 Å². The Labute approximate surface area is 251 Å². The summed E-state index contributed by atoms with van der Waals surface area (Å²) in [4.78, 5) is 46.9. The molecule has 2 saturated heterocycles. The summed E-state index contributed by atoms with van der Waals surface area (Å²) in [7, 11) is 0. The fourth-order valence-corrected chi connectivity index (χ4v) is 6.98. The summed E-state index contributed by atoms with van der Waals surface area (Å²) in [6, 6.07) is 15.5. The Morgan fingerprint density at radius 1 is 0.976 bits per heavy atom. The Balaban J connectivity index is 1.74. The number of urea groups is 1. The summed E-state index contributed by atoms with van der Waals surface area (Å²) in [6.45, 7) is 10.9. The van der Waals surface area contributed by atoms with E-state index in [1.165, 1.54) is 23.5 Å². The Bertz CT molecular complexity index is 1400. The van der Waals surface area contributed by atoms with E-state index in [0.29, 0.717) is 43.2 Å². The molecule has 2 aliphatic rings. The van der Waals surface area contributed by atoms with Gasteiger partial charge in [-0.05, 0) is 52.6 Å². The van der Waals surface area contributed by atoms with E-state index in [0.717, 1.165) is 11.1 Å². The second-order valence-corrected chi connectivity index (χ2v) is 13.0. The SMILES string of the molecule is CCNC(=O)N1C(C(=O)N2CCNCC2)C(c2ccc(C(C)(C)C)cc2)C(C(=O)c2cccs2)C1c1ccc(F)cc1. The summed E-state index contributed by atoms with van der Waals surface area (Å²) in [5.41, 5.74) is 2.49. The maximum Gasteiger partial charge on any atom is 0.318 e. The van der Waals surface area contributed by atoms with Gasteiger partial charge in [0.15, 0.2) is 5.78 Å². The van der Waals surface area contributed by atoms with Crippen molar-refractivity contribution in [1.29, 1.82) is 0 Å². The number of amides is 3. The second kappa shape index (κ2) is 12.4. The molecule has 0 bridgehead atoms. The molecule has 2 aromatic carbocycles. The molecule has 2 N–H and O–H groups in total. The minimum absolute atomic E-state index is 0.0832. The van der Waals surface area contributed by atoms with Gasteiger partial charge in [-0.2, -0.15) is 0 Å². The highest BCUT2D eigenvalue weighted by Gasteiger charge is 2.58. The summed E-state index contributed by atoms with van der Waals surface area (Å²) >= 11 is 1.35. The number of carbonyl (C=O) groups is 3. The predicted molar refractivity (Wildman–Crippen MR) is 163 cm³/mol. The van der Waals surface area contributed by atoms with Gasteiger partial charge in [0.2, 0.25) is 5.91 Å². The molecule has 3 aromatic rings. The van der Waals surface area contributed by atoms with Crippen LogP contribution in [0, 0.1) is 11.7 Å². The zero-order valence-electron chi connectivity index (χ0n) is 24.6. The van der Waals surface area contributed by atoms with E-state index in [-0.39, 0.29) is 17.1 Å². The van der Waals surface area contributed by atoms with Gasteiger partial charge >= 0.3 is 6.03 Å². The molecule has 0 radical (unpaired) electrons. The highest BCUT2D eigenvalue weighted by Crippen LogP contribution is 2.52. The summed E-state index contributed by atoms with van der Waals surface area (Å²) in [6.07, 6.45) is 0. The quantitative estimate of drug-likeness (QED) is 0.379. The zero-order valence-corrected chi connectivity index (χ0v) is 25.4. The fraction of sp³-hybridized carbons (Fsp3) is 0.424. The number of likely N-dealkylation sites (tertiary alicyclic amines) is 1. The van der Waals surface area contributed by atoms with Crippen LogP contribution in [0.4, 0.5) is 9.18 Å². The summed E-state index contributed by atoms with van der Waals surface area (Å²) in [5, 5.41) is 8.05. The molecule has 5 rings (SSSR count). The lowest BCUT2D eigenvalue weighted by atomic mass is 9.76. The third kappa shape index (κ3) is 5.85. The first-order chi connectivity index (χ1) is 20.1. The largest absolute Gasteiger partial charge is 0.338 e. The Morgan fingerprint density at radius 3 is 2.19 bits per heavy atom. The molecular formula is C33H39FN4O3S. The first-order valence-corrected chi connectivity index (χ1v) is 15.5. The average molecular weight is 591 g/mol. The number of nitrogens with zero attached hydrogens (tertiary/aromatic N) is 2. The lowest BCUT2D eigenvalue weighted by Gasteiger charge is -2.36. The van der Waals surface area contributed by atoms with Crippen LogP contribution in [0.3, 0.4) is 0 Å². The standard InChI is InChI=1S/C33H39FN4O3S/c1-5-36-32(41)38-28(22-10-14-24(34)15-11-22)27(30(39)25-7-6-20-42-25)26(21-8-12-23(13-9-21)33(2,3)4)29(38)31(40)37-18-16-35-17-19-37/h6-15,20,26-29,35H,5,16-19H2,1-4H3,(H,36,41). The average Bonchev–Trinajstić information content (AvgIpc) is 3.64. The molecule has 0 spiro atoms. The topological polar surface area (TPSA) is 81.8 Å². The number of ketones is 1. The van der Waals surface area contributed by atoms with Crippen molar-refractivity contribution in [2.24, 2.45) is 5.92 Å². The van der Waals surface area contributed by atoms with E-state index in [1.807, 2.05) is 30.5 Å². The van der Waals surface area contributed by atoms with Crippen LogP contribution >= 0.6 is 11.3 Å². The normalized spacial score (nSPS) is 22.7. The van der Waals surface area contributed by atoms with E-state index >= 15 is 0 Å². The van der Waals surface area contributed by atoms with Gasteiger partial charge in [0.1, 0.15) is 11.9 Å². The van der Waals surface area contributed by atoms with Crippen LogP contribution in [0.2, 0.25) is 0 Å². The summed E-state index contributed by atoms with van der Waals surface area (Å²) in [5.74, 6) is -2.11. The maximum atomic E-state index is 14.5. The van der Waals surface area contributed by atoms with E-state index in [4.69, 9.17) is 0 Å². The van der Waals surface area contributed by atoms with Gasteiger partial charge in [-0.1, -0.05) is 63.2 Å². The van der Waals surface area contributed by atoms with Gasteiger partial charge in [-0.3, -0.25) is 9.59 Å². The molecule has 1 aromatic heterocycles. The summed E-state index contributed by atoms with van der Waals surface area (Å²) < 4.78 is 14.1. The number of piperazine rings is 1. The van der Waals surface area contributed by atoms with Crippen LogP contribution in [0.15, 0.2) is 66.0 Å². The van der Waals surface area contributed by atoms with Gasteiger partial charge in [0, 0.05) is 38.6 Å². The van der Waals surface area contributed by atoms with Crippen LogP contribution in [-0.4, -0.2) is 66.3 Å². The Hall–Kier alpha value is -3.56. The van der Waals surface area contributed by atoms with Crippen LogP contribution in [0.5, 0.6) is 0 Å². The van der Waals surface area contributed by atoms with Crippen molar-refractivity contribution in [1.82, 2.24) is 20.4 Å². The molecule has 3 heterocycles. The lowest BCUT2D eigenvalue weighted by Crippen LogP contribution is -2.56. The predicted octanol–water partition coefficient (Wildman–Crippen LogP) is 5.35. The number of thiophene rings is 1. The smallest absolute Gasteiger partial charge is 0.318 e. The molecule has 0 aliphatic carbocycles. The monoisotopic (exact) mass is 590 g/mol. The number of nitrogens with one attached hydrogen (secondary N) is 2. The minimum atomic E-state index is -0.931. The third-order valence-corrected chi connectivity index (χ3v) is 9.24. The third-order valence-electron chi connectivity index (χ3n) is 8.35. The van der Waals surface area contributed by atoms with Crippen LogP contribution < -0.4 is 10.6 Å². The van der Waals surface area contributed by atoms with E-state index in [2.05, 4.69) is 43.5 Å². The molecule has 9 heteroatoms. The Kier molecular flexibility index (Phi) is 8.80. The van der Waals surface area contributed by atoms with Gasteiger partial charge in [0.05, 0.1) is 16.8 Å². The maximum absolute atomic E-state index is 14.5. The number of hydrogen-bond donors (Lipinski definition) is 2. The zero-order chi connectivity index (χ0) is 30.0. The molecule has 0 saturated carbocycles. The number of Topliss-reactive ketones (excluding diaryl/α,β-unsaturated/α-hetero) is 1. The number of carbonyl (C=O) groups excluding carboxylic acids is 3. The van der Waals surface area contributed by atoms with E-state index in [1.54, 1.807) is 28.0 Å². The first-order valence-electron chi connectivity index (χ1n) is 14.6. The van der Waals surface area contributed by atoms with Crippen molar-refractivity contribution in [3.8, 4) is 0 Å². The fourth-order valence-electron chi connectivity index (χ4n) is 6.26. The molecule has 3 amide bonds. The highest BCUT2D eigenvalue weighted by molar-refractivity contribution is 7.12. The number of hydrogen-bond acceptors (Lipinski definition) is 5. The number of halogens is 1. The van der Waals surface area contributed by atoms with Gasteiger partial charge in [0.25, 0.3) is 0 Å². The highest BCUT2D eigenvalue weighted by atomic mass is 32.1. The molecule has 4 atom stereocenters.